The van der Waals surface area contributed by atoms with Gasteiger partial charge in [0.25, 0.3) is 0 Å². The molecule has 0 saturated heterocycles. The monoisotopic (exact) mass is 337 g/mol. The van der Waals surface area contributed by atoms with Crippen molar-refractivity contribution in [3.8, 4) is 17.5 Å². The van der Waals surface area contributed by atoms with E-state index in [-0.39, 0.29) is 0 Å². The lowest BCUT2D eigenvalue weighted by molar-refractivity contribution is 0.305. The van der Waals surface area contributed by atoms with Gasteiger partial charge in [-0.15, -0.1) is 0 Å². The minimum absolute atomic E-state index is 0.400. The van der Waals surface area contributed by atoms with Crippen LogP contribution in [0.15, 0.2) is 48.5 Å². The van der Waals surface area contributed by atoms with Gasteiger partial charge in [0.15, 0.2) is 0 Å². The summed E-state index contributed by atoms with van der Waals surface area (Å²) in [6, 6.07) is 16.9. The summed E-state index contributed by atoms with van der Waals surface area (Å²) in [6.07, 6.45) is 0. The van der Waals surface area contributed by atoms with Gasteiger partial charge in [-0.1, -0.05) is 23.7 Å². The minimum atomic E-state index is 0.400. The summed E-state index contributed by atoms with van der Waals surface area (Å²) in [6.45, 7) is 4.36. The molecule has 1 aromatic heterocycles. The highest BCUT2D eigenvalue weighted by Gasteiger charge is 2.14. The summed E-state index contributed by atoms with van der Waals surface area (Å²) in [5.74, 6) is 0.657. The average molecular weight is 338 g/mol. The van der Waals surface area contributed by atoms with E-state index in [4.69, 9.17) is 21.6 Å². The summed E-state index contributed by atoms with van der Waals surface area (Å²) < 4.78 is 7.70. The molecule has 0 aliphatic carbocycles. The van der Waals surface area contributed by atoms with Crippen LogP contribution in [-0.4, -0.2) is 9.78 Å². The lowest BCUT2D eigenvalue weighted by Gasteiger charge is -2.09. The van der Waals surface area contributed by atoms with Crippen LogP contribution in [0.5, 0.6) is 5.75 Å². The molecule has 1 heterocycles. The van der Waals surface area contributed by atoms with Gasteiger partial charge in [-0.3, -0.25) is 0 Å². The van der Waals surface area contributed by atoms with Crippen molar-refractivity contribution in [2.75, 3.05) is 0 Å². The Hall–Kier alpha value is -2.77. The zero-order chi connectivity index (χ0) is 17.1. The van der Waals surface area contributed by atoms with Crippen LogP contribution < -0.4 is 4.74 Å². The number of aryl methyl sites for hydroxylation is 1. The largest absolute Gasteiger partial charge is 0.487 e. The lowest BCUT2D eigenvalue weighted by atomic mass is 10.2. The van der Waals surface area contributed by atoms with Crippen molar-refractivity contribution in [2.45, 2.75) is 20.5 Å². The molecule has 0 bridgehead atoms. The summed E-state index contributed by atoms with van der Waals surface area (Å²) in [5.41, 5.74) is 4.48. The smallest absolute Gasteiger partial charge is 0.138 e. The molecule has 0 atom stereocenters. The second kappa shape index (κ2) is 6.77. The maximum Gasteiger partial charge on any atom is 0.138 e. The van der Waals surface area contributed by atoms with Crippen LogP contribution in [0.2, 0.25) is 5.02 Å². The number of hydrogen-bond donors (Lipinski definition) is 0. The molecule has 2 aromatic carbocycles. The molecule has 0 unspecified atom stereocenters. The van der Waals surface area contributed by atoms with Crippen molar-refractivity contribution >= 4 is 11.6 Å². The van der Waals surface area contributed by atoms with Gasteiger partial charge in [-0.2, -0.15) is 10.4 Å². The molecule has 0 saturated carbocycles. The fourth-order valence-corrected chi connectivity index (χ4v) is 2.71. The summed E-state index contributed by atoms with van der Waals surface area (Å²) in [4.78, 5) is 0. The van der Waals surface area contributed by atoms with Crippen LogP contribution in [0.4, 0.5) is 0 Å². The first-order valence-corrected chi connectivity index (χ1v) is 7.91. The number of ether oxygens (including phenoxy) is 1. The van der Waals surface area contributed by atoms with Gasteiger partial charge in [0.05, 0.1) is 28.0 Å². The first kappa shape index (κ1) is 16.1. The number of aromatic nitrogens is 2. The third-order valence-corrected chi connectivity index (χ3v) is 4.20. The van der Waals surface area contributed by atoms with E-state index in [2.05, 4.69) is 11.2 Å². The van der Waals surface area contributed by atoms with Gasteiger partial charge < -0.3 is 4.74 Å². The van der Waals surface area contributed by atoms with E-state index in [0.29, 0.717) is 22.9 Å². The van der Waals surface area contributed by atoms with Gasteiger partial charge in [-0.25, -0.2) is 4.68 Å². The molecule has 120 valence electrons. The van der Waals surface area contributed by atoms with Gasteiger partial charge >= 0.3 is 0 Å². The number of hydrogen-bond acceptors (Lipinski definition) is 3. The van der Waals surface area contributed by atoms with E-state index in [0.717, 1.165) is 22.6 Å². The van der Waals surface area contributed by atoms with Crippen molar-refractivity contribution in [3.05, 3.63) is 76.1 Å². The molecule has 0 spiro atoms. The van der Waals surface area contributed by atoms with Gasteiger partial charge in [0.1, 0.15) is 12.4 Å². The van der Waals surface area contributed by atoms with Gasteiger partial charge in [0, 0.05) is 11.3 Å². The molecule has 4 nitrogen and oxygen atoms in total. The zero-order valence-electron chi connectivity index (χ0n) is 13.5. The quantitative estimate of drug-likeness (QED) is 0.699. The molecule has 0 amide bonds. The Bertz CT molecular complexity index is 907. The Morgan fingerprint density at radius 3 is 2.50 bits per heavy atom. The zero-order valence-corrected chi connectivity index (χ0v) is 14.2. The predicted molar refractivity (Wildman–Crippen MR) is 93.5 cm³/mol. The Kier molecular flexibility index (Phi) is 4.54. The van der Waals surface area contributed by atoms with E-state index < -0.39 is 0 Å². The van der Waals surface area contributed by atoms with E-state index in [9.17, 15) is 0 Å². The van der Waals surface area contributed by atoms with Crippen molar-refractivity contribution in [2.24, 2.45) is 0 Å². The van der Waals surface area contributed by atoms with Gasteiger partial charge in [0.2, 0.25) is 0 Å². The molecule has 3 rings (SSSR count). The predicted octanol–water partition coefficient (Wildman–Crippen LogP) is 4.59. The summed E-state index contributed by atoms with van der Waals surface area (Å²) in [5, 5.41) is 14.1. The minimum Gasteiger partial charge on any atom is -0.487 e. The Labute approximate surface area is 145 Å². The first-order valence-electron chi connectivity index (χ1n) is 7.53. The number of para-hydroxylation sites is 1. The van der Waals surface area contributed by atoms with Crippen LogP contribution in [0.1, 0.15) is 22.5 Å². The highest BCUT2D eigenvalue weighted by atomic mass is 35.5. The molecule has 0 aliphatic rings. The number of nitrogens with zero attached hydrogens (tertiary/aromatic N) is 3. The van der Waals surface area contributed by atoms with Crippen molar-refractivity contribution in [1.29, 1.82) is 5.26 Å². The highest BCUT2D eigenvalue weighted by molar-refractivity contribution is 6.32. The molecular formula is C19H16ClN3O. The molecule has 0 radical (unpaired) electrons. The highest BCUT2D eigenvalue weighted by Crippen LogP contribution is 2.26. The van der Waals surface area contributed by atoms with Crippen LogP contribution >= 0.6 is 11.6 Å². The molecule has 24 heavy (non-hydrogen) atoms. The maximum absolute atomic E-state index is 8.90. The summed E-state index contributed by atoms with van der Waals surface area (Å²) >= 11 is 6.13. The van der Waals surface area contributed by atoms with Crippen molar-refractivity contribution < 1.29 is 4.74 Å². The van der Waals surface area contributed by atoms with Crippen LogP contribution in [0, 0.1) is 25.2 Å². The van der Waals surface area contributed by atoms with Gasteiger partial charge in [-0.05, 0) is 50.2 Å². The van der Waals surface area contributed by atoms with Crippen LogP contribution in [0.3, 0.4) is 0 Å². The second-order valence-electron chi connectivity index (χ2n) is 5.44. The van der Waals surface area contributed by atoms with E-state index in [1.54, 1.807) is 18.2 Å². The fraction of sp³-hybridized carbons (Fsp3) is 0.158. The normalized spacial score (nSPS) is 10.4. The maximum atomic E-state index is 8.90. The van der Waals surface area contributed by atoms with Crippen LogP contribution in [-0.2, 0) is 6.61 Å². The third kappa shape index (κ3) is 3.12. The number of halogens is 1. The van der Waals surface area contributed by atoms with Crippen molar-refractivity contribution in [3.63, 3.8) is 0 Å². The first-order chi connectivity index (χ1) is 11.6. The molecule has 0 aliphatic heterocycles. The Morgan fingerprint density at radius 1 is 1.12 bits per heavy atom. The number of nitriles is 1. The average Bonchev–Trinajstić information content (AvgIpc) is 2.89. The van der Waals surface area contributed by atoms with E-state index in [1.807, 2.05) is 48.9 Å². The fourth-order valence-electron chi connectivity index (χ4n) is 2.52. The Morgan fingerprint density at radius 2 is 1.83 bits per heavy atom. The summed E-state index contributed by atoms with van der Waals surface area (Å²) in [7, 11) is 0. The molecule has 5 heteroatoms. The van der Waals surface area contributed by atoms with Crippen LogP contribution in [0.25, 0.3) is 5.69 Å². The Balaban J connectivity index is 1.86. The third-order valence-electron chi connectivity index (χ3n) is 3.89. The number of rotatable bonds is 4. The van der Waals surface area contributed by atoms with Crippen molar-refractivity contribution in [1.82, 2.24) is 9.78 Å². The SMILES string of the molecule is Cc1nn(-c2ccc(C#N)cc2)c(C)c1COc1ccccc1Cl. The number of benzene rings is 2. The molecule has 3 aromatic rings. The molecule has 0 fully saturated rings. The van der Waals surface area contributed by atoms with E-state index in [1.165, 1.54) is 0 Å². The molecular weight excluding hydrogens is 322 g/mol. The molecule has 0 N–H and O–H groups in total. The standard InChI is InChI=1S/C19H16ClN3O/c1-13-17(12-24-19-6-4-3-5-18(19)20)14(2)23(22-13)16-9-7-15(11-21)8-10-16/h3-10H,12H2,1-2H3. The topological polar surface area (TPSA) is 50.8 Å². The lowest BCUT2D eigenvalue weighted by Crippen LogP contribution is -2.01. The second-order valence-corrected chi connectivity index (χ2v) is 5.85. The van der Waals surface area contributed by atoms with E-state index >= 15 is 0 Å².